The maximum atomic E-state index is 4.66. The molecule has 0 amide bonds. The van der Waals surface area contributed by atoms with Crippen molar-refractivity contribution in [1.29, 1.82) is 0 Å². The van der Waals surface area contributed by atoms with Gasteiger partial charge in [0.1, 0.15) is 0 Å². The van der Waals surface area contributed by atoms with Crippen LogP contribution in [0.3, 0.4) is 0 Å². The Morgan fingerprint density at radius 2 is 1.93 bits per heavy atom. The molecule has 0 aliphatic rings. The molecular weight excluding hydrogens is 364 g/mol. The molecule has 5 heteroatoms. The lowest BCUT2D eigenvalue weighted by molar-refractivity contribution is 0.369. The van der Waals surface area contributed by atoms with Gasteiger partial charge in [-0.25, -0.2) is 4.98 Å². The molecule has 0 unspecified atom stereocenters. The van der Waals surface area contributed by atoms with E-state index in [-0.39, 0.29) is 0 Å². The van der Waals surface area contributed by atoms with E-state index in [4.69, 9.17) is 0 Å². The van der Waals surface area contributed by atoms with Crippen molar-refractivity contribution >= 4 is 22.2 Å². The summed E-state index contributed by atoms with van der Waals surface area (Å²) in [6.45, 7) is 7.86. The fourth-order valence-electron chi connectivity index (χ4n) is 2.85. The molecular formula is C23H26N4S. The Hall–Kier alpha value is -2.76. The quantitative estimate of drug-likeness (QED) is 0.486. The molecule has 0 spiro atoms. The zero-order chi connectivity index (χ0) is 19.8. The first kappa shape index (κ1) is 20.0. The van der Waals surface area contributed by atoms with Crippen molar-refractivity contribution in [3.8, 4) is 11.3 Å². The first-order chi connectivity index (χ1) is 13.7. The fraction of sp³-hybridized carbons (Fsp3) is 0.217. The van der Waals surface area contributed by atoms with Gasteiger partial charge < -0.3 is 10.2 Å². The zero-order valence-electron chi connectivity index (χ0n) is 16.4. The van der Waals surface area contributed by atoms with Crippen LogP contribution in [0.5, 0.6) is 0 Å². The van der Waals surface area contributed by atoms with Crippen LogP contribution in [0.15, 0.2) is 78.5 Å². The Morgan fingerprint density at radius 1 is 1.18 bits per heavy atom. The normalized spacial score (nSPS) is 11.6. The molecule has 1 aromatic carbocycles. The maximum Gasteiger partial charge on any atom is 0.187 e. The summed E-state index contributed by atoms with van der Waals surface area (Å²) >= 11 is 1.60. The summed E-state index contributed by atoms with van der Waals surface area (Å²) < 4.78 is 0. The number of allylic oxidation sites excluding steroid dienone is 1. The van der Waals surface area contributed by atoms with E-state index in [2.05, 4.69) is 76.5 Å². The highest BCUT2D eigenvalue weighted by Crippen LogP contribution is 2.26. The van der Waals surface area contributed by atoms with Crippen molar-refractivity contribution in [3.63, 3.8) is 0 Å². The molecule has 0 saturated heterocycles. The smallest absolute Gasteiger partial charge is 0.187 e. The molecule has 3 rings (SSSR count). The molecule has 2 heterocycles. The molecule has 1 N–H and O–H groups in total. The van der Waals surface area contributed by atoms with Gasteiger partial charge in [-0.15, -0.1) is 11.3 Å². The largest absolute Gasteiger partial charge is 0.332 e. The van der Waals surface area contributed by atoms with Crippen molar-refractivity contribution in [2.45, 2.75) is 13.3 Å². The van der Waals surface area contributed by atoms with Gasteiger partial charge in [-0.3, -0.25) is 4.98 Å². The Labute approximate surface area is 171 Å². The van der Waals surface area contributed by atoms with Crippen molar-refractivity contribution in [1.82, 2.24) is 14.9 Å². The van der Waals surface area contributed by atoms with E-state index in [1.54, 1.807) is 23.7 Å². The van der Waals surface area contributed by atoms with E-state index < -0.39 is 0 Å². The van der Waals surface area contributed by atoms with Gasteiger partial charge in [-0.05, 0) is 55.8 Å². The summed E-state index contributed by atoms with van der Waals surface area (Å²) in [5, 5.41) is 6.34. The molecule has 3 aromatic rings. The highest BCUT2D eigenvalue weighted by atomic mass is 32.1. The average molecular weight is 391 g/mol. The van der Waals surface area contributed by atoms with Crippen LogP contribution in [-0.4, -0.2) is 35.0 Å². The summed E-state index contributed by atoms with van der Waals surface area (Å²) in [6, 6.07) is 12.5. The third-order valence-electron chi connectivity index (χ3n) is 4.55. The number of aromatic nitrogens is 2. The van der Waals surface area contributed by atoms with Crippen LogP contribution < -0.4 is 5.32 Å². The summed E-state index contributed by atoms with van der Waals surface area (Å²) in [4.78, 5) is 11.0. The number of nitrogens with one attached hydrogen (secondary N) is 1. The molecule has 0 aliphatic carbocycles. The second kappa shape index (κ2) is 9.97. The van der Waals surface area contributed by atoms with Gasteiger partial charge in [0, 0.05) is 42.1 Å². The highest BCUT2D eigenvalue weighted by Gasteiger charge is 2.05. The van der Waals surface area contributed by atoms with Crippen molar-refractivity contribution in [3.05, 3.63) is 84.0 Å². The Kier molecular flexibility index (Phi) is 7.12. The Morgan fingerprint density at radius 3 is 2.61 bits per heavy atom. The first-order valence-electron chi connectivity index (χ1n) is 9.36. The van der Waals surface area contributed by atoms with Crippen molar-refractivity contribution in [2.24, 2.45) is 0 Å². The lowest BCUT2D eigenvalue weighted by Crippen LogP contribution is -2.23. The minimum absolute atomic E-state index is 0.891. The van der Waals surface area contributed by atoms with E-state index in [9.17, 15) is 0 Å². The topological polar surface area (TPSA) is 41.0 Å². The minimum Gasteiger partial charge on any atom is -0.332 e. The maximum absolute atomic E-state index is 4.66. The van der Waals surface area contributed by atoms with E-state index in [0.29, 0.717) is 0 Å². The van der Waals surface area contributed by atoms with Gasteiger partial charge in [0.25, 0.3) is 0 Å². The van der Waals surface area contributed by atoms with Gasteiger partial charge in [-0.2, -0.15) is 0 Å². The molecule has 0 fully saturated rings. The molecule has 0 atom stereocenters. The van der Waals surface area contributed by atoms with Crippen LogP contribution in [0.1, 0.15) is 12.5 Å². The van der Waals surface area contributed by atoms with Crippen molar-refractivity contribution in [2.75, 3.05) is 25.5 Å². The molecule has 144 valence electrons. The number of anilines is 2. The number of nitrogens with zero attached hydrogens (tertiary/aromatic N) is 3. The lowest BCUT2D eigenvalue weighted by Gasteiger charge is -2.17. The number of benzene rings is 1. The van der Waals surface area contributed by atoms with Crippen LogP contribution >= 0.6 is 11.3 Å². The molecule has 2 aromatic heterocycles. The first-order valence-corrected chi connectivity index (χ1v) is 10.2. The van der Waals surface area contributed by atoms with Crippen LogP contribution in [0.25, 0.3) is 11.3 Å². The van der Waals surface area contributed by atoms with Gasteiger partial charge in [0.2, 0.25) is 0 Å². The van der Waals surface area contributed by atoms with E-state index in [1.807, 2.05) is 18.2 Å². The minimum atomic E-state index is 0.891. The molecule has 0 bridgehead atoms. The third-order valence-corrected chi connectivity index (χ3v) is 5.31. The van der Waals surface area contributed by atoms with Gasteiger partial charge in [0.05, 0.1) is 5.69 Å². The lowest BCUT2D eigenvalue weighted by atomic mass is 10.1. The zero-order valence-corrected chi connectivity index (χ0v) is 17.2. The fourth-order valence-corrected chi connectivity index (χ4v) is 3.59. The third kappa shape index (κ3) is 5.62. The van der Waals surface area contributed by atoms with Crippen LogP contribution in [0.4, 0.5) is 10.8 Å². The molecule has 28 heavy (non-hydrogen) atoms. The SMILES string of the molecule is C=C/C(=C\C)CN(C)CCc1ccc(Nc2nc(-c3ccncc3)cs2)cc1. The summed E-state index contributed by atoms with van der Waals surface area (Å²) in [5.74, 6) is 0. The van der Waals surface area contributed by atoms with E-state index in [1.165, 1.54) is 11.1 Å². The number of hydrogen-bond acceptors (Lipinski definition) is 5. The second-order valence-electron chi connectivity index (χ2n) is 6.65. The van der Waals surface area contributed by atoms with Gasteiger partial charge in [-0.1, -0.05) is 30.9 Å². The number of thiazole rings is 1. The molecule has 4 nitrogen and oxygen atoms in total. The number of pyridine rings is 1. The average Bonchev–Trinajstić information content (AvgIpc) is 3.20. The number of hydrogen-bond donors (Lipinski definition) is 1. The predicted molar refractivity (Wildman–Crippen MR) is 120 cm³/mol. The van der Waals surface area contributed by atoms with Gasteiger partial charge >= 0.3 is 0 Å². The van der Waals surface area contributed by atoms with Gasteiger partial charge in [0.15, 0.2) is 5.13 Å². The van der Waals surface area contributed by atoms with E-state index >= 15 is 0 Å². The van der Waals surface area contributed by atoms with Crippen LogP contribution in [-0.2, 0) is 6.42 Å². The Bertz CT molecular complexity index is 913. The van der Waals surface area contributed by atoms with Crippen LogP contribution in [0.2, 0.25) is 0 Å². The Balaban J connectivity index is 1.53. The number of rotatable bonds is 9. The molecule has 0 aliphatic heterocycles. The monoisotopic (exact) mass is 390 g/mol. The molecule has 0 radical (unpaired) electrons. The number of likely N-dealkylation sites (N-methyl/N-ethyl adjacent to an activating group) is 1. The highest BCUT2D eigenvalue weighted by molar-refractivity contribution is 7.14. The predicted octanol–water partition coefficient (Wildman–Crippen LogP) is 5.56. The summed E-state index contributed by atoms with van der Waals surface area (Å²) in [5.41, 5.74) is 5.69. The van der Waals surface area contributed by atoms with Crippen LogP contribution in [0, 0.1) is 0 Å². The molecule has 0 saturated carbocycles. The standard InChI is InChI=1S/C23H26N4S/c1-4-18(5-2)16-27(3)15-12-19-6-8-21(9-7-19)25-23-26-22(17-28-23)20-10-13-24-14-11-20/h4-11,13-14,17H,1,12,15-16H2,2-3H3,(H,25,26)/b18-5+. The van der Waals surface area contributed by atoms with Crippen molar-refractivity contribution < 1.29 is 0 Å². The second-order valence-corrected chi connectivity index (χ2v) is 7.51. The van der Waals surface area contributed by atoms with E-state index in [0.717, 1.165) is 41.6 Å². The summed E-state index contributed by atoms with van der Waals surface area (Å²) in [6.07, 6.45) is 8.63. The summed E-state index contributed by atoms with van der Waals surface area (Å²) in [7, 11) is 2.14.